The van der Waals surface area contributed by atoms with Crippen molar-refractivity contribution >= 4 is 0 Å². The quantitative estimate of drug-likeness (QED) is 0.823. The monoisotopic (exact) mass is 248 g/mol. The van der Waals surface area contributed by atoms with Crippen molar-refractivity contribution in [3.8, 4) is 0 Å². The van der Waals surface area contributed by atoms with Crippen molar-refractivity contribution < 1.29 is 14.2 Å². The number of ether oxygens (including phenoxy) is 3. The van der Waals surface area contributed by atoms with Gasteiger partial charge in [0.1, 0.15) is 0 Å². The van der Waals surface area contributed by atoms with E-state index in [1.807, 2.05) is 6.07 Å². The van der Waals surface area contributed by atoms with Crippen molar-refractivity contribution in [2.24, 2.45) is 11.3 Å². The van der Waals surface area contributed by atoms with Crippen LogP contribution in [0, 0.1) is 11.3 Å². The van der Waals surface area contributed by atoms with Crippen molar-refractivity contribution in [3.05, 3.63) is 35.9 Å². The fourth-order valence-electron chi connectivity index (χ4n) is 2.59. The number of fused-ring (bicyclic) bond motifs is 3. The second kappa shape index (κ2) is 4.34. The van der Waals surface area contributed by atoms with Crippen LogP contribution in [-0.4, -0.2) is 25.8 Å². The maximum atomic E-state index is 5.86. The normalized spacial score (nSPS) is 36.6. The van der Waals surface area contributed by atoms with Gasteiger partial charge in [-0.05, 0) is 12.0 Å². The molecule has 0 aliphatic carbocycles. The third kappa shape index (κ3) is 2.07. The van der Waals surface area contributed by atoms with Crippen molar-refractivity contribution in [2.75, 3.05) is 19.8 Å². The molecule has 3 saturated heterocycles. The lowest BCUT2D eigenvalue weighted by Crippen LogP contribution is -2.61. The minimum absolute atomic E-state index is 0.0359. The molecule has 0 spiro atoms. The van der Waals surface area contributed by atoms with Gasteiger partial charge in [0.25, 0.3) is 5.97 Å². The summed E-state index contributed by atoms with van der Waals surface area (Å²) >= 11 is 0. The van der Waals surface area contributed by atoms with E-state index in [0.717, 1.165) is 26.2 Å². The molecule has 1 aromatic carbocycles. The Hall–Kier alpha value is -0.900. The summed E-state index contributed by atoms with van der Waals surface area (Å²) in [6, 6.07) is 10.4. The minimum atomic E-state index is -0.826. The van der Waals surface area contributed by atoms with Crippen LogP contribution in [0.1, 0.15) is 19.4 Å². The zero-order valence-corrected chi connectivity index (χ0v) is 11.0. The lowest BCUT2D eigenvalue weighted by Gasteiger charge is -2.52. The molecule has 98 valence electrons. The smallest absolute Gasteiger partial charge is 0.285 e. The Morgan fingerprint density at radius 1 is 1.06 bits per heavy atom. The highest BCUT2D eigenvalue weighted by atomic mass is 16.9. The first-order chi connectivity index (χ1) is 8.62. The van der Waals surface area contributed by atoms with Gasteiger partial charge in [0, 0.05) is 11.3 Å². The first kappa shape index (κ1) is 12.2. The predicted molar refractivity (Wildman–Crippen MR) is 68.0 cm³/mol. The molecule has 3 aliphatic heterocycles. The van der Waals surface area contributed by atoms with Gasteiger partial charge in [0.05, 0.1) is 19.8 Å². The standard InChI is InChI=1S/C15H20O3/c1-12(8-13-6-4-3-5-7-13)15-16-9-14(2,10-17-15)11-18-15/h3-7,12H,8-11H2,1-2H3. The number of hydrogen-bond acceptors (Lipinski definition) is 3. The van der Waals surface area contributed by atoms with Gasteiger partial charge in [-0.3, -0.25) is 0 Å². The van der Waals surface area contributed by atoms with Crippen LogP contribution < -0.4 is 0 Å². The van der Waals surface area contributed by atoms with Crippen LogP contribution in [0.25, 0.3) is 0 Å². The van der Waals surface area contributed by atoms with Gasteiger partial charge in [0.15, 0.2) is 0 Å². The van der Waals surface area contributed by atoms with E-state index >= 15 is 0 Å². The van der Waals surface area contributed by atoms with Crippen LogP contribution >= 0.6 is 0 Å². The third-order valence-corrected chi connectivity index (χ3v) is 3.85. The van der Waals surface area contributed by atoms with E-state index in [9.17, 15) is 0 Å². The molecule has 3 fully saturated rings. The van der Waals surface area contributed by atoms with E-state index in [-0.39, 0.29) is 11.3 Å². The molecule has 1 unspecified atom stereocenters. The van der Waals surface area contributed by atoms with Crippen LogP contribution in [0.5, 0.6) is 0 Å². The van der Waals surface area contributed by atoms with E-state index < -0.39 is 5.97 Å². The SMILES string of the molecule is CC(Cc1ccccc1)C12OCC(C)(CO1)CO2. The number of rotatable bonds is 3. The van der Waals surface area contributed by atoms with Gasteiger partial charge in [-0.15, -0.1) is 0 Å². The Labute approximate surface area is 108 Å². The van der Waals surface area contributed by atoms with Crippen LogP contribution in [0.4, 0.5) is 0 Å². The highest BCUT2D eigenvalue weighted by Gasteiger charge is 2.53. The fourth-order valence-corrected chi connectivity index (χ4v) is 2.59. The lowest BCUT2D eigenvalue weighted by molar-refractivity contribution is -0.482. The summed E-state index contributed by atoms with van der Waals surface area (Å²) in [6.07, 6.45) is 0.900. The van der Waals surface area contributed by atoms with Gasteiger partial charge in [-0.25, -0.2) is 0 Å². The second-order valence-electron chi connectivity index (χ2n) is 5.87. The molecule has 0 N–H and O–H groups in total. The molecule has 0 amide bonds. The van der Waals surface area contributed by atoms with Crippen molar-refractivity contribution in [2.45, 2.75) is 26.2 Å². The van der Waals surface area contributed by atoms with Crippen LogP contribution in [0.2, 0.25) is 0 Å². The average molecular weight is 248 g/mol. The van der Waals surface area contributed by atoms with Crippen LogP contribution in [-0.2, 0) is 20.6 Å². The molecule has 1 aromatic rings. The Bertz CT molecular complexity index is 390. The van der Waals surface area contributed by atoms with Crippen molar-refractivity contribution in [1.82, 2.24) is 0 Å². The summed E-state index contributed by atoms with van der Waals surface area (Å²) in [5.74, 6) is -0.641. The Balaban J connectivity index is 1.71. The van der Waals surface area contributed by atoms with Gasteiger partial charge in [0.2, 0.25) is 0 Å². The predicted octanol–water partition coefficient (Wildman–Crippen LogP) is 2.60. The highest BCUT2D eigenvalue weighted by Crippen LogP contribution is 2.42. The lowest BCUT2D eigenvalue weighted by atomic mass is 9.89. The number of benzene rings is 1. The molecular formula is C15H20O3. The third-order valence-electron chi connectivity index (χ3n) is 3.85. The molecule has 4 rings (SSSR count). The van der Waals surface area contributed by atoms with Gasteiger partial charge >= 0.3 is 0 Å². The van der Waals surface area contributed by atoms with E-state index in [1.54, 1.807) is 0 Å². The Kier molecular flexibility index (Phi) is 2.93. The molecular weight excluding hydrogens is 228 g/mol. The van der Waals surface area contributed by atoms with Gasteiger partial charge in [-0.1, -0.05) is 44.2 Å². The first-order valence-electron chi connectivity index (χ1n) is 6.58. The van der Waals surface area contributed by atoms with E-state index in [0.29, 0.717) is 0 Å². The largest absolute Gasteiger partial charge is 0.326 e. The zero-order chi connectivity index (χ0) is 12.6. The van der Waals surface area contributed by atoms with Gasteiger partial charge < -0.3 is 14.2 Å². The van der Waals surface area contributed by atoms with Crippen molar-refractivity contribution in [1.29, 1.82) is 0 Å². The zero-order valence-electron chi connectivity index (χ0n) is 11.0. The van der Waals surface area contributed by atoms with Crippen LogP contribution in [0.3, 0.4) is 0 Å². The summed E-state index contributed by atoms with van der Waals surface area (Å²) in [7, 11) is 0. The molecule has 3 nitrogen and oxygen atoms in total. The number of hydrogen-bond donors (Lipinski definition) is 0. The maximum absolute atomic E-state index is 5.86. The summed E-state index contributed by atoms with van der Waals surface area (Å²) < 4.78 is 17.6. The summed E-state index contributed by atoms with van der Waals surface area (Å²) in [6.45, 7) is 6.45. The van der Waals surface area contributed by atoms with E-state index in [1.165, 1.54) is 5.56 Å². The molecule has 3 heteroatoms. The molecule has 18 heavy (non-hydrogen) atoms. The molecule has 1 atom stereocenters. The van der Waals surface area contributed by atoms with E-state index in [2.05, 4.69) is 38.1 Å². The average Bonchev–Trinajstić information content (AvgIpc) is 2.41. The Morgan fingerprint density at radius 3 is 2.17 bits per heavy atom. The van der Waals surface area contributed by atoms with Gasteiger partial charge in [-0.2, -0.15) is 0 Å². The molecule has 3 aliphatic rings. The second-order valence-corrected chi connectivity index (χ2v) is 5.87. The molecule has 2 bridgehead atoms. The molecule has 0 radical (unpaired) electrons. The summed E-state index contributed by atoms with van der Waals surface area (Å²) in [4.78, 5) is 0. The minimum Gasteiger partial charge on any atom is -0.326 e. The topological polar surface area (TPSA) is 27.7 Å². The first-order valence-corrected chi connectivity index (χ1v) is 6.58. The maximum Gasteiger partial charge on any atom is 0.285 e. The van der Waals surface area contributed by atoms with Crippen molar-refractivity contribution in [3.63, 3.8) is 0 Å². The van der Waals surface area contributed by atoms with Crippen LogP contribution in [0.15, 0.2) is 30.3 Å². The molecule has 0 saturated carbocycles. The molecule has 3 heterocycles. The fraction of sp³-hybridized carbons (Fsp3) is 0.600. The highest BCUT2D eigenvalue weighted by molar-refractivity contribution is 5.15. The summed E-state index contributed by atoms with van der Waals surface area (Å²) in [5.41, 5.74) is 1.32. The Morgan fingerprint density at radius 2 is 1.61 bits per heavy atom. The summed E-state index contributed by atoms with van der Waals surface area (Å²) in [5, 5.41) is 0. The van der Waals surface area contributed by atoms with E-state index in [4.69, 9.17) is 14.2 Å². The molecule has 0 aromatic heterocycles.